The van der Waals surface area contributed by atoms with E-state index in [0.717, 1.165) is 37.3 Å². The summed E-state index contributed by atoms with van der Waals surface area (Å²) in [7, 11) is 0. The summed E-state index contributed by atoms with van der Waals surface area (Å²) in [6.07, 6.45) is 3.39. The van der Waals surface area contributed by atoms with E-state index in [1.807, 2.05) is 11.0 Å². The van der Waals surface area contributed by atoms with Crippen LogP contribution >= 0.6 is 11.3 Å². The molecular formula is C23H24N4O5S. The summed E-state index contributed by atoms with van der Waals surface area (Å²) in [6.45, 7) is 3.69. The smallest absolute Gasteiger partial charge is 0.328 e. The van der Waals surface area contributed by atoms with Gasteiger partial charge < -0.3 is 20.5 Å². The van der Waals surface area contributed by atoms with Crippen molar-refractivity contribution in [3.63, 3.8) is 0 Å². The standard InChI is InChI=1S/C23H24N4O5S/c28-20(5-6-21(29)30)25-15-3-4-19-17(12-15)18(13-24-19)22(23(31)32)27-9-7-26(8-10-27)14-16-2-1-11-33-16/h1-6,11-13,22,24H,7-10,14H2,(H,25,28)(H,29,30)(H,31,32)/b6-5+/t22-/m0/s1. The Morgan fingerprint density at radius 1 is 1.12 bits per heavy atom. The number of rotatable bonds is 8. The molecule has 4 N–H and O–H groups in total. The second-order valence-electron chi connectivity index (χ2n) is 7.80. The number of nitrogens with zero attached hydrogens (tertiary/aromatic N) is 2. The highest BCUT2D eigenvalue weighted by Gasteiger charge is 2.32. The van der Waals surface area contributed by atoms with Crippen molar-refractivity contribution in [2.75, 3.05) is 31.5 Å². The molecule has 9 nitrogen and oxygen atoms in total. The van der Waals surface area contributed by atoms with Crippen LogP contribution < -0.4 is 5.32 Å². The predicted molar refractivity (Wildman–Crippen MR) is 125 cm³/mol. The molecule has 4 rings (SSSR count). The first-order chi connectivity index (χ1) is 15.9. The number of carboxylic acids is 2. The number of hydrogen-bond donors (Lipinski definition) is 4. The van der Waals surface area contributed by atoms with Crippen molar-refractivity contribution in [2.45, 2.75) is 12.6 Å². The number of nitrogens with one attached hydrogen (secondary N) is 2. The van der Waals surface area contributed by atoms with Crippen molar-refractivity contribution in [3.8, 4) is 0 Å². The molecule has 1 atom stereocenters. The average Bonchev–Trinajstić information content (AvgIpc) is 3.44. The van der Waals surface area contributed by atoms with Gasteiger partial charge in [-0.3, -0.25) is 19.4 Å². The van der Waals surface area contributed by atoms with Crippen LogP contribution in [0.2, 0.25) is 0 Å². The van der Waals surface area contributed by atoms with Gasteiger partial charge >= 0.3 is 11.9 Å². The third-order valence-corrected chi connectivity index (χ3v) is 6.48. The molecule has 172 valence electrons. The van der Waals surface area contributed by atoms with Crippen LogP contribution in [-0.2, 0) is 20.9 Å². The summed E-state index contributed by atoms with van der Waals surface area (Å²) in [5.74, 6) is -2.72. The van der Waals surface area contributed by atoms with E-state index < -0.39 is 23.9 Å². The van der Waals surface area contributed by atoms with Crippen LogP contribution in [0.15, 0.2) is 54.1 Å². The number of carboxylic acid groups (broad SMARTS) is 2. The summed E-state index contributed by atoms with van der Waals surface area (Å²) >= 11 is 1.72. The fourth-order valence-corrected chi connectivity index (χ4v) is 4.81. The van der Waals surface area contributed by atoms with Gasteiger partial charge in [-0.1, -0.05) is 6.07 Å². The summed E-state index contributed by atoms with van der Waals surface area (Å²) < 4.78 is 0. The fraction of sp³-hybridized carbons (Fsp3) is 0.261. The quantitative estimate of drug-likeness (QED) is 0.375. The lowest BCUT2D eigenvalue weighted by atomic mass is 10.0. The summed E-state index contributed by atoms with van der Waals surface area (Å²) in [6, 6.07) is 8.46. The van der Waals surface area contributed by atoms with Crippen molar-refractivity contribution >= 4 is 45.8 Å². The lowest BCUT2D eigenvalue weighted by Gasteiger charge is -2.37. The van der Waals surface area contributed by atoms with Crippen molar-refractivity contribution in [3.05, 3.63) is 64.5 Å². The minimum Gasteiger partial charge on any atom is -0.480 e. The summed E-state index contributed by atoms with van der Waals surface area (Å²) in [4.78, 5) is 43.5. The molecule has 0 aliphatic carbocycles. The SMILES string of the molecule is O=C(O)/C=C/C(=O)Nc1ccc2[nH]cc([C@@H](C(=O)O)N3CCN(Cc4cccs4)CC3)c2c1. The first-order valence-electron chi connectivity index (χ1n) is 10.5. The van der Waals surface area contributed by atoms with Crippen molar-refractivity contribution in [1.82, 2.24) is 14.8 Å². The summed E-state index contributed by atoms with van der Waals surface area (Å²) in [5, 5.41) is 24.1. The number of aliphatic carboxylic acids is 2. The van der Waals surface area contributed by atoms with Crippen LogP contribution in [0.25, 0.3) is 10.9 Å². The van der Waals surface area contributed by atoms with E-state index in [0.29, 0.717) is 29.7 Å². The molecule has 0 radical (unpaired) electrons. The highest BCUT2D eigenvalue weighted by molar-refractivity contribution is 7.09. The molecule has 0 bridgehead atoms. The van der Waals surface area contributed by atoms with E-state index in [2.05, 4.69) is 26.6 Å². The van der Waals surface area contributed by atoms with Gasteiger partial charge in [0, 0.05) is 78.1 Å². The fourth-order valence-electron chi connectivity index (χ4n) is 4.07. The van der Waals surface area contributed by atoms with E-state index in [-0.39, 0.29) is 0 Å². The number of hydrogen-bond acceptors (Lipinski definition) is 6. The number of carbonyl (C=O) groups is 3. The number of H-pyrrole nitrogens is 1. The summed E-state index contributed by atoms with van der Waals surface area (Å²) in [5.41, 5.74) is 1.83. The van der Waals surface area contributed by atoms with Gasteiger partial charge in [-0.05, 0) is 29.6 Å². The molecule has 1 aromatic carbocycles. The second-order valence-corrected chi connectivity index (χ2v) is 8.83. The van der Waals surface area contributed by atoms with Gasteiger partial charge in [-0.15, -0.1) is 11.3 Å². The van der Waals surface area contributed by atoms with Gasteiger partial charge in [0.25, 0.3) is 0 Å². The number of benzene rings is 1. The number of aromatic nitrogens is 1. The van der Waals surface area contributed by atoms with Crippen molar-refractivity contribution in [1.29, 1.82) is 0 Å². The predicted octanol–water partition coefficient (Wildman–Crippen LogP) is 2.75. The first-order valence-corrected chi connectivity index (χ1v) is 11.3. The maximum absolute atomic E-state index is 12.3. The molecule has 1 fully saturated rings. The monoisotopic (exact) mass is 468 g/mol. The molecule has 0 unspecified atom stereocenters. The van der Waals surface area contributed by atoms with Crippen LogP contribution in [0.1, 0.15) is 16.5 Å². The highest BCUT2D eigenvalue weighted by atomic mass is 32.1. The number of amides is 1. The number of piperazine rings is 1. The largest absolute Gasteiger partial charge is 0.480 e. The van der Waals surface area contributed by atoms with E-state index in [9.17, 15) is 19.5 Å². The molecule has 1 aliphatic rings. The minimum absolute atomic E-state index is 0.452. The third kappa shape index (κ3) is 5.48. The lowest BCUT2D eigenvalue weighted by molar-refractivity contribution is -0.144. The Labute approximate surface area is 193 Å². The molecule has 0 saturated carbocycles. The zero-order chi connectivity index (χ0) is 23.4. The second kappa shape index (κ2) is 9.99. The third-order valence-electron chi connectivity index (χ3n) is 5.62. The Morgan fingerprint density at radius 2 is 1.91 bits per heavy atom. The maximum atomic E-state index is 12.3. The zero-order valence-corrected chi connectivity index (χ0v) is 18.5. The highest BCUT2D eigenvalue weighted by Crippen LogP contribution is 2.31. The van der Waals surface area contributed by atoms with Gasteiger partial charge in [0.2, 0.25) is 5.91 Å². The molecule has 33 heavy (non-hydrogen) atoms. The minimum atomic E-state index is -1.21. The van der Waals surface area contributed by atoms with Gasteiger partial charge in [0.15, 0.2) is 0 Å². The molecular weight excluding hydrogens is 444 g/mol. The van der Waals surface area contributed by atoms with E-state index in [1.54, 1.807) is 35.7 Å². The van der Waals surface area contributed by atoms with Gasteiger partial charge in [-0.2, -0.15) is 0 Å². The van der Waals surface area contributed by atoms with Gasteiger partial charge in [-0.25, -0.2) is 4.79 Å². The number of thiophene rings is 1. The number of fused-ring (bicyclic) bond motifs is 1. The molecule has 1 aliphatic heterocycles. The molecule has 10 heteroatoms. The Morgan fingerprint density at radius 3 is 2.58 bits per heavy atom. The average molecular weight is 469 g/mol. The number of aromatic amines is 1. The number of carbonyl (C=O) groups excluding carboxylic acids is 1. The molecule has 1 amide bonds. The van der Waals surface area contributed by atoms with Crippen molar-refractivity contribution in [2.24, 2.45) is 0 Å². The van der Waals surface area contributed by atoms with Crippen LogP contribution in [0, 0.1) is 0 Å². The van der Waals surface area contributed by atoms with E-state index >= 15 is 0 Å². The number of anilines is 1. The van der Waals surface area contributed by atoms with Gasteiger partial charge in [0.05, 0.1) is 0 Å². The van der Waals surface area contributed by atoms with Crippen LogP contribution in [0.3, 0.4) is 0 Å². The van der Waals surface area contributed by atoms with E-state index in [1.165, 1.54) is 4.88 Å². The molecule has 1 saturated heterocycles. The van der Waals surface area contributed by atoms with Gasteiger partial charge in [0.1, 0.15) is 6.04 Å². The van der Waals surface area contributed by atoms with E-state index in [4.69, 9.17) is 5.11 Å². The molecule has 3 heterocycles. The first kappa shape index (κ1) is 22.7. The Hall–Kier alpha value is -3.47. The zero-order valence-electron chi connectivity index (χ0n) is 17.7. The molecule has 0 spiro atoms. The topological polar surface area (TPSA) is 126 Å². The maximum Gasteiger partial charge on any atom is 0.328 e. The van der Waals surface area contributed by atoms with Crippen LogP contribution in [0.5, 0.6) is 0 Å². The van der Waals surface area contributed by atoms with Crippen LogP contribution in [0.4, 0.5) is 5.69 Å². The Kier molecular flexibility index (Phi) is 6.87. The lowest BCUT2D eigenvalue weighted by Crippen LogP contribution is -2.48. The molecule has 2 aromatic heterocycles. The van der Waals surface area contributed by atoms with Crippen LogP contribution in [-0.4, -0.2) is 69.0 Å². The van der Waals surface area contributed by atoms with Crippen molar-refractivity contribution < 1.29 is 24.6 Å². The Balaban J connectivity index is 1.51. The molecule has 3 aromatic rings. The normalized spacial score (nSPS) is 16.2. The Bertz CT molecular complexity index is 1180.